The number of oxazole rings is 1. The van der Waals surface area contributed by atoms with Gasteiger partial charge >= 0.3 is 5.76 Å². The maximum Gasteiger partial charge on any atom is 0.424 e. The zero-order chi connectivity index (χ0) is 9.97. The highest BCUT2D eigenvalue weighted by atomic mass is 16.4. The molecule has 0 spiro atoms. The molecular weight excluding hydrogens is 180 g/mol. The molecule has 0 saturated carbocycles. The second kappa shape index (κ2) is 3.49. The smallest absolute Gasteiger partial charge is 0.416 e. The number of hydrogen-bond acceptors (Lipinski definition) is 3. The van der Waals surface area contributed by atoms with Crippen molar-refractivity contribution in [3.05, 3.63) is 46.9 Å². The zero-order valence-corrected chi connectivity index (χ0v) is 7.80. The Bertz CT molecular complexity index is 470. The van der Waals surface area contributed by atoms with Crippen LogP contribution in [0.4, 0.5) is 0 Å². The number of aryl methyl sites for hydroxylation is 1. The van der Waals surface area contributed by atoms with Crippen LogP contribution in [0.1, 0.15) is 12.6 Å². The fraction of sp³-hybridized carbons (Fsp3) is 0.200. The minimum atomic E-state index is -0.388. The van der Waals surface area contributed by atoms with Gasteiger partial charge in [-0.15, -0.1) is 0 Å². The average molecular weight is 190 g/mol. The fourth-order valence-electron chi connectivity index (χ4n) is 1.31. The third kappa shape index (κ3) is 1.35. The van der Waals surface area contributed by atoms with Crippen molar-refractivity contribution < 1.29 is 4.42 Å². The van der Waals surface area contributed by atoms with Gasteiger partial charge < -0.3 is 4.42 Å². The maximum absolute atomic E-state index is 11.4. The van der Waals surface area contributed by atoms with Gasteiger partial charge in [-0.3, -0.25) is 0 Å². The van der Waals surface area contributed by atoms with Crippen LogP contribution < -0.4 is 5.76 Å². The van der Waals surface area contributed by atoms with Crippen LogP contribution in [0.25, 0.3) is 5.82 Å². The molecule has 2 aromatic rings. The monoisotopic (exact) mass is 190 g/mol. The molecule has 0 unspecified atom stereocenters. The normalized spacial score (nSPS) is 10.4. The Kier molecular flexibility index (Phi) is 2.18. The van der Waals surface area contributed by atoms with E-state index in [1.165, 1.54) is 10.8 Å². The largest absolute Gasteiger partial charge is 0.424 e. The Labute approximate surface area is 80.8 Å². The lowest BCUT2D eigenvalue weighted by molar-refractivity contribution is 0.503. The van der Waals surface area contributed by atoms with E-state index >= 15 is 0 Å². The van der Waals surface area contributed by atoms with Gasteiger partial charge in [0.25, 0.3) is 0 Å². The Morgan fingerprint density at radius 1 is 1.50 bits per heavy atom. The summed E-state index contributed by atoms with van der Waals surface area (Å²) >= 11 is 0. The second-order valence-corrected chi connectivity index (χ2v) is 2.87. The molecule has 0 radical (unpaired) electrons. The summed E-state index contributed by atoms with van der Waals surface area (Å²) in [6, 6.07) is 5.41. The lowest BCUT2D eigenvalue weighted by Crippen LogP contribution is -2.15. The van der Waals surface area contributed by atoms with E-state index in [1.54, 1.807) is 18.3 Å². The SMILES string of the molecule is CCc1coc(=O)n1-c1ccccn1. The molecule has 0 N–H and O–H groups in total. The zero-order valence-electron chi connectivity index (χ0n) is 7.80. The molecular formula is C10H10N2O2. The molecule has 2 rings (SSSR count). The summed E-state index contributed by atoms with van der Waals surface area (Å²) in [5.74, 6) is 0.212. The predicted molar refractivity (Wildman–Crippen MR) is 51.5 cm³/mol. The van der Waals surface area contributed by atoms with Crippen LogP contribution in [0.15, 0.2) is 39.9 Å². The summed E-state index contributed by atoms with van der Waals surface area (Å²) in [5, 5.41) is 0. The number of nitrogens with zero attached hydrogens (tertiary/aromatic N) is 2. The summed E-state index contributed by atoms with van der Waals surface area (Å²) in [7, 11) is 0. The van der Waals surface area contributed by atoms with Gasteiger partial charge in [0.15, 0.2) is 0 Å². The summed E-state index contributed by atoms with van der Waals surface area (Å²) in [6.07, 6.45) is 3.85. The second-order valence-electron chi connectivity index (χ2n) is 2.87. The molecule has 0 aromatic carbocycles. The van der Waals surface area contributed by atoms with E-state index < -0.39 is 0 Å². The Morgan fingerprint density at radius 2 is 2.36 bits per heavy atom. The summed E-state index contributed by atoms with van der Waals surface area (Å²) < 4.78 is 6.28. The first-order valence-electron chi connectivity index (χ1n) is 4.43. The highest BCUT2D eigenvalue weighted by molar-refractivity contribution is 5.23. The lowest BCUT2D eigenvalue weighted by atomic mass is 10.3. The van der Waals surface area contributed by atoms with Crippen molar-refractivity contribution in [1.82, 2.24) is 9.55 Å². The van der Waals surface area contributed by atoms with Crippen molar-refractivity contribution in [1.29, 1.82) is 0 Å². The summed E-state index contributed by atoms with van der Waals surface area (Å²) in [4.78, 5) is 15.4. The van der Waals surface area contributed by atoms with Crippen molar-refractivity contribution >= 4 is 0 Å². The highest BCUT2D eigenvalue weighted by Gasteiger charge is 2.08. The first kappa shape index (κ1) is 8.74. The van der Waals surface area contributed by atoms with Crippen LogP contribution in [-0.2, 0) is 6.42 Å². The number of hydrogen-bond donors (Lipinski definition) is 0. The van der Waals surface area contributed by atoms with Gasteiger partial charge in [0, 0.05) is 6.20 Å². The van der Waals surface area contributed by atoms with Gasteiger partial charge in [-0.1, -0.05) is 13.0 Å². The highest BCUT2D eigenvalue weighted by Crippen LogP contribution is 2.05. The van der Waals surface area contributed by atoms with E-state index in [1.807, 2.05) is 13.0 Å². The number of aromatic nitrogens is 2. The van der Waals surface area contributed by atoms with Crippen LogP contribution in [0.5, 0.6) is 0 Å². The summed E-state index contributed by atoms with van der Waals surface area (Å²) in [6.45, 7) is 1.96. The van der Waals surface area contributed by atoms with E-state index in [0.717, 1.165) is 12.1 Å². The van der Waals surface area contributed by atoms with E-state index in [9.17, 15) is 4.79 Å². The molecule has 4 heteroatoms. The molecule has 0 amide bonds. The molecule has 0 fully saturated rings. The summed E-state index contributed by atoms with van der Waals surface area (Å²) in [5.41, 5.74) is 0.828. The molecule has 2 heterocycles. The van der Waals surface area contributed by atoms with Gasteiger partial charge in [-0.2, -0.15) is 0 Å². The van der Waals surface area contributed by atoms with Crippen LogP contribution in [-0.4, -0.2) is 9.55 Å². The third-order valence-corrected chi connectivity index (χ3v) is 2.01. The van der Waals surface area contributed by atoms with Gasteiger partial charge in [0.2, 0.25) is 0 Å². The molecule has 0 aliphatic carbocycles. The van der Waals surface area contributed by atoms with Gasteiger partial charge in [-0.05, 0) is 18.6 Å². The Hall–Kier alpha value is -1.84. The fourth-order valence-corrected chi connectivity index (χ4v) is 1.31. The Balaban J connectivity index is 2.61. The topological polar surface area (TPSA) is 48.0 Å². The van der Waals surface area contributed by atoms with Crippen molar-refractivity contribution in [2.45, 2.75) is 13.3 Å². The van der Waals surface area contributed by atoms with Crippen LogP contribution in [0.3, 0.4) is 0 Å². The first-order chi connectivity index (χ1) is 6.83. The standard InChI is InChI=1S/C10H10N2O2/c1-2-8-7-14-10(13)12(8)9-5-3-4-6-11-9/h3-7H,2H2,1H3. The number of rotatable bonds is 2. The van der Waals surface area contributed by atoms with Crippen LogP contribution >= 0.6 is 0 Å². The van der Waals surface area contributed by atoms with Crippen molar-refractivity contribution in [2.24, 2.45) is 0 Å². The average Bonchev–Trinajstić information content (AvgIpc) is 2.61. The maximum atomic E-state index is 11.4. The van der Waals surface area contributed by atoms with E-state index in [-0.39, 0.29) is 5.76 Å². The minimum Gasteiger partial charge on any atom is -0.416 e. The minimum absolute atomic E-state index is 0.388. The van der Waals surface area contributed by atoms with Crippen molar-refractivity contribution in [3.63, 3.8) is 0 Å². The molecule has 72 valence electrons. The van der Waals surface area contributed by atoms with Crippen LogP contribution in [0, 0.1) is 0 Å². The van der Waals surface area contributed by atoms with Crippen molar-refractivity contribution in [2.75, 3.05) is 0 Å². The number of pyridine rings is 1. The molecule has 0 aliphatic rings. The first-order valence-corrected chi connectivity index (χ1v) is 4.43. The van der Waals surface area contributed by atoms with E-state index in [0.29, 0.717) is 5.82 Å². The molecule has 14 heavy (non-hydrogen) atoms. The van der Waals surface area contributed by atoms with Gasteiger partial charge in [-0.25, -0.2) is 14.3 Å². The van der Waals surface area contributed by atoms with Gasteiger partial charge in [0.05, 0.1) is 5.69 Å². The molecule has 4 nitrogen and oxygen atoms in total. The molecule has 2 aromatic heterocycles. The molecule has 0 aliphatic heterocycles. The quantitative estimate of drug-likeness (QED) is 0.718. The third-order valence-electron chi connectivity index (χ3n) is 2.01. The molecule has 0 bridgehead atoms. The van der Waals surface area contributed by atoms with E-state index in [2.05, 4.69) is 4.98 Å². The van der Waals surface area contributed by atoms with Crippen LogP contribution in [0.2, 0.25) is 0 Å². The molecule has 0 atom stereocenters. The molecule has 0 saturated heterocycles. The Morgan fingerprint density at radius 3 is 3.00 bits per heavy atom. The lowest BCUT2D eigenvalue weighted by Gasteiger charge is -2.01. The van der Waals surface area contributed by atoms with E-state index in [4.69, 9.17) is 4.42 Å². The predicted octanol–water partition coefficient (Wildman–Crippen LogP) is 1.39. The van der Waals surface area contributed by atoms with Crippen molar-refractivity contribution in [3.8, 4) is 5.82 Å². The van der Waals surface area contributed by atoms with Gasteiger partial charge in [0.1, 0.15) is 12.1 Å².